The van der Waals surface area contributed by atoms with E-state index in [1.54, 1.807) is 18.5 Å². The fourth-order valence-electron chi connectivity index (χ4n) is 5.32. The Morgan fingerprint density at radius 3 is 2.50 bits per heavy atom. The molecule has 178 valence electrons. The van der Waals surface area contributed by atoms with E-state index in [9.17, 15) is 4.79 Å². The maximum atomic E-state index is 12.8. The van der Waals surface area contributed by atoms with Crippen LogP contribution in [0.1, 0.15) is 56.3 Å². The number of carbonyl (C=O) groups is 1. The minimum atomic E-state index is -0.254. The third kappa shape index (κ3) is 4.78. The Morgan fingerprint density at radius 2 is 1.76 bits per heavy atom. The Morgan fingerprint density at radius 1 is 1.03 bits per heavy atom. The number of ketones is 1. The maximum absolute atomic E-state index is 12.8. The van der Waals surface area contributed by atoms with Crippen molar-refractivity contribution in [2.45, 2.75) is 51.2 Å². The van der Waals surface area contributed by atoms with Gasteiger partial charge in [-0.3, -0.25) is 9.78 Å². The van der Waals surface area contributed by atoms with Gasteiger partial charge in [0, 0.05) is 55.9 Å². The second-order valence-corrected chi connectivity index (χ2v) is 9.66. The highest BCUT2D eigenvalue weighted by atomic mass is 16.5. The lowest BCUT2D eigenvalue weighted by molar-refractivity contribution is -0.116. The van der Waals surface area contributed by atoms with Gasteiger partial charge in [0.1, 0.15) is 11.9 Å². The Balaban J connectivity index is 1.31. The number of aliphatic imine (C=N–C) groups is 1. The number of anilines is 1. The van der Waals surface area contributed by atoms with E-state index in [-0.39, 0.29) is 17.8 Å². The fourth-order valence-corrected chi connectivity index (χ4v) is 5.32. The van der Waals surface area contributed by atoms with Gasteiger partial charge in [-0.1, -0.05) is 31.4 Å². The van der Waals surface area contributed by atoms with Crippen molar-refractivity contribution < 1.29 is 9.53 Å². The first kappa shape index (κ1) is 22.8. The average molecular weight is 459 g/mol. The van der Waals surface area contributed by atoms with Gasteiger partial charge in [-0.25, -0.2) is 4.99 Å². The maximum Gasteiger partial charge on any atom is 0.168 e. The number of aromatic nitrogens is 1. The molecule has 2 atom stereocenters. The third-order valence-corrected chi connectivity index (χ3v) is 7.49. The van der Waals surface area contributed by atoms with Crippen LogP contribution >= 0.6 is 0 Å². The van der Waals surface area contributed by atoms with Gasteiger partial charge in [-0.05, 0) is 49.6 Å². The number of ether oxygens (including phenoxy) is 1. The number of benzene rings is 1. The van der Waals surface area contributed by atoms with Gasteiger partial charge in [0.05, 0.1) is 18.2 Å². The Labute approximate surface area is 202 Å². The summed E-state index contributed by atoms with van der Waals surface area (Å²) in [7, 11) is 2.22. The highest BCUT2D eigenvalue weighted by molar-refractivity contribution is 6.15. The molecule has 2 fully saturated rings. The van der Waals surface area contributed by atoms with Crippen LogP contribution in [0.4, 0.5) is 5.69 Å². The first-order valence-corrected chi connectivity index (χ1v) is 12.5. The molecule has 2 aliphatic heterocycles. The van der Waals surface area contributed by atoms with Gasteiger partial charge in [0.2, 0.25) is 0 Å². The molecule has 0 bridgehead atoms. The van der Waals surface area contributed by atoms with Crippen LogP contribution in [0.25, 0.3) is 5.70 Å². The van der Waals surface area contributed by atoms with Crippen molar-refractivity contribution in [3.8, 4) is 0 Å². The molecule has 1 aromatic heterocycles. The zero-order valence-corrected chi connectivity index (χ0v) is 20.2. The quantitative estimate of drug-likeness (QED) is 0.653. The van der Waals surface area contributed by atoms with Crippen LogP contribution in [-0.4, -0.2) is 54.3 Å². The number of allylic oxidation sites excluding steroid dienone is 1. The molecule has 1 saturated heterocycles. The Bertz CT molecular complexity index is 1060. The second-order valence-electron chi connectivity index (χ2n) is 9.66. The van der Waals surface area contributed by atoms with Gasteiger partial charge in [-0.2, -0.15) is 0 Å². The van der Waals surface area contributed by atoms with E-state index in [0.717, 1.165) is 17.9 Å². The highest BCUT2D eigenvalue weighted by Gasteiger charge is 2.32. The van der Waals surface area contributed by atoms with Crippen molar-refractivity contribution in [1.29, 1.82) is 0 Å². The number of morpholine rings is 1. The van der Waals surface area contributed by atoms with Crippen molar-refractivity contribution in [2.75, 3.05) is 31.6 Å². The summed E-state index contributed by atoms with van der Waals surface area (Å²) in [6, 6.07) is 13.3. The van der Waals surface area contributed by atoms with Crippen LogP contribution in [-0.2, 0) is 9.53 Å². The predicted octanol–water partition coefficient (Wildman–Crippen LogP) is 4.88. The topological polar surface area (TPSA) is 58.0 Å². The second kappa shape index (κ2) is 10.1. The molecule has 1 saturated carbocycles. The molecule has 2 aromatic rings. The molecule has 34 heavy (non-hydrogen) atoms. The van der Waals surface area contributed by atoms with Crippen LogP contribution in [0.15, 0.2) is 59.9 Å². The molecule has 1 unspecified atom stereocenters. The fraction of sp³-hybridized carbons (Fsp3) is 0.464. The summed E-state index contributed by atoms with van der Waals surface area (Å²) in [6.07, 6.45) is 11.7. The number of rotatable bonds is 4. The molecule has 1 aromatic carbocycles. The molecule has 6 heteroatoms. The minimum absolute atomic E-state index is 0.0388. The molecule has 3 aliphatic rings. The normalized spacial score (nSPS) is 23.9. The zero-order chi connectivity index (χ0) is 23.5. The summed E-state index contributed by atoms with van der Waals surface area (Å²) in [5.41, 5.74) is 4.06. The van der Waals surface area contributed by atoms with Gasteiger partial charge < -0.3 is 14.5 Å². The van der Waals surface area contributed by atoms with E-state index in [2.05, 4.69) is 46.1 Å². The molecule has 0 amide bonds. The van der Waals surface area contributed by atoms with Crippen molar-refractivity contribution in [2.24, 2.45) is 10.9 Å². The van der Waals surface area contributed by atoms with E-state index >= 15 is 0 Å². The summed E-state index contributed by atoms with van der Waals surface area (Å²) in [4.78, 5) is 26.4. The Kier molecular flexibility index (Phi) is 6.77. The van der Waals surface area contributed by atoms with E-state index in [0.29, 0.717) is 24.9 Å². The molecule has 0 radical (unpaired) electrons. The van der Waals surface area contributed by atoms with E-state index in [4.69, 9.17) is 9.73 Å². The van der Waals surface area contributed by atoms with Crippen LogP contribution < -0.4 is 4.90 Å². The van der Waals surface area contributed by atoms with Crippen molar-refractivity contribution in [1.82, 2.24) is 9.88 Å². The number of hydrogen-bond acceptors (Lipinski definition) is 6. The van der Waals surface area contributed by atoms with Crippen LogP contribution in [0.3, 0.4) is 0 Å². The zero-order valence-electron chi connectivity index (χ0n) is 20.2. The number of amidine groups is 1. The van der Waals surface area contributed by atoms with Gasteiger partial charge in [0.15, 0.2) is 5.78 Å². The molecule has 6 nitrogen and oxygen atoms in total. The number of carbonyl (C=O) groups excluding carboxylic acids is 1. The van der Waals surface area contributed by atoms with Crippen molar-refractivity contribution in [3.05, 3.63) is 66.0 Å². The summed E-state index contributed by atoms with van der Waals surface area (Å²) in [6.45, 7) is 3.99. The first-order chi connectivity index (χ1) is 16.6. The molecule has 1 aliphatic carbocycles. The Hall–Kier alpha value is -2.99. The lowest BCUT2D eigenvalue weighted by Gasteiger charge is -2.38. The molecule has 0 spiro atoms. The highest BCUT2D eigenvalue weighted by Crippen LogP contribution is 2.30. The third-order valence-electron chi connectivity index (χ3n) is 7.49. The monoisotopic (exact) mass is 458 g/mol. The molecular weight excluding hydrogens is 424 g/mol. The lowest BCUT2D eigenvalue weighted by atomic mass is 9.94. The molecule has 3 heterocycles. The standard InChI is InChI=1S/C28H34N4O2/c1-20-26(33)18-25(21-12-14-29-15-13-21)30-28(20)32-16-17-34-27(19-32)22-8-10-24(11-9-22)31(2)23-6-4-3-5-7-23/h8-15,18,20,23,27H,3-7,16-17,19H2,1-2H3/t20?,27-/m1/s1. The SMILES string of the molecule is CC1C(=O)C=C(c2ccncc2)N=C1N1CCO[C@@H](c2ccc(N(C)C3CCCCC3)cc2)C1. The van der Waals surface area contributed by atoms with Gasteiger partial charge in [-0.15, -0.1) is 0 Å². The number of hydrogen-bond donors (Lipinski definition) is 0. The van der Waals surface area contributed by atoms with E-state index in [1.165, 1.54) is 43.4 Å². The summed E-state index contributed by atoms with van der Waals surface area (Å²) in [5.74, 6) is 0.673. The summed E-state index contributed by atoms with van der Waals surface area (Å²) in [5, 5.41) is 0. The molecular formula is C28H34N4O2. The lowest BCUT2D eigenvalue weighted by Crippen LogP contribution is -2.46. The molecule has 0 N–H and O–H groups in total. The van der Waals surface area contributed by atoms with E-state index < -0.39 is 0 Å². The minimum Gasteiger partial charge on any atom is -0.372 e. The largest absolute Gasteiger partial charge is 0.372 e. The molecule has 5 rings (SSSR count). The summed E-state index contributed by atoms with van der Waals surface area (Å²) < 4.78 is 6.16. The average Bonchev–Trinajstić information content (AvgIpc) is 2.91. The number of nitrogens with zero attached hydrogens (tertiary/aromatic N) is 4. The smallest absolute Gasteiger partial charge is 0.168 e. The first-order valence-electron chi connectivity index (χ1n) is 12.5. The number of pyridine rings is 1. The van der Waals surface area contributed by atoms with E-state index in [1.807, 2.05) is 19.1 Å². The van der Waals surface area contributed by atoms with Gasteiger partial charge in [0.25, 0.3) is 0 Å². The predicted molar refractivity (Wildman–Crippen MR) is 136 cm³/mol. The van der Waals surface area contributed by atoms with Crippen LogP contribution in [0.5, 0.6) is 0 Å². The van der Waals surface area contributed by atoms with Crippen molar-refractivity contribution >= 4 is 23.0 Å². The van der Waals surface area contributed by atoms with Gasteiger partial charge >= 0.3 is 0 Å². The van der Waals surface area contributed by atoms with Crippen LogP contribution in [0, 0.1) is 5.92 Å². The van der Waals surface area contributed by atoms with Crippen LogP contribution in [0.2, 0.25) is 0 Å². The summed E-state index contributed by atoms with van der Waals surface area (Å²) >= 11 is 0. The van der Waals surface area contributed by atoms with Crippen molar-refractivity contribution in [3.63, 3.8) is 0 Å².